The lowest BCUT2D eigenvalue weighted by Crippen LogP contribution is -2.27. The number of aliphatic hydroxyl groups excluding tert-OH is 1. The molecule has 1 saturated heterocycles. The Bertz CT molecular complexity index is 144. The monoisotopic (exact) mass is 188 g/mol. The normalized spacial score (nSPS) is 28.8. The number of rotatable bonds is 7. The molecule has 4 nitrogen and oxygen atoms in total. The maximum Gasteiger partial charge on any atom is 0.183 e. The van der Waals surface area contributed by atoms with Gasteiger partial charge in [0, 0.05) is 6.04 Å². The van der Waals surface area contributed by atoms with Crippen molar-refractivity contribution >= 4 is 0 Å². The maximum atomic E-state index is 8.93. The summed E-state index contributed by atoms with van der Waals surface area (Å²) in [4.78, 5) is 0. The average molecular weight is 188 g/mol. The van der Waals surface area contributed by atoms with Gasteiger partial charge in [-0.15, -0.1) is 0 Å². The van der Waals surface area contributed by atoms with Gasteiger partial charge in [-0.3, -0.25) is 0 Å². The zero-order valence-electron chi connectivity index (χ0n) is 8.20. The average Bonchev–Trinajstić information content (AvgIpc) is 2.82. The van der Waals surface area contributed by atoms with E-state index in [0.29, 0.717) is 0 Å². The van der Waals surface area contributed by atoms with E-state index >= 15 is 0 Å². The first-order valence-corrected chi connectivity index (χ1v) is 4.99. The number of ether oxygens (including phenoxy) is 1. The molecule has 0 spiro atoms. The number of epoxide rings is 1. The van der Waals surface area contributed by atoms with Gasteiger partial charge in [-0.2, -0.15) is 0 Å². The van der Waals surface area contributed by atoms with Gasteiger partial charge in [0.05, 0.1) is 0 Å². The van der Waals surface area contributed by atoms with E-state index in [1.165, 1.54) is 12.8 Å². The molecule has 1 aliphatic heterocycles. The second kappa shape index (κ2) is 5.54. The fraction of sp³-hybridized carbons (Fsp3) is 1.00. The van der Waals surface area contributed by atoms with Gasteiger partial charge in [-0.05, 0) is 26.4 Å². The van der Waals surface area contributed by atoms with E-state index in [2.05, 4.69) is 5.32 Å². The predicted molar refractivity (Wildman–Crippen MR) is 51.2 cm³/mol. The summed E-state index contributed by atoms with van der Waals surface area (Å²) < 4.78 is 4.88. The van der Waals surface area contributed by atoms with Crippen molar-refractivity contribution in [3.63, 3.8) is 0 Å². The minimum Gasteiger partial charge on any atom is -0.366 e. The maximum absolute atomic E-state index is 8.93. The first kappa shape index (κ1) is 10.9. The van der Waals surface area contributed by atoms with Crippen LogP contribution in [-0.2, 0) is 4.74 Å². The summed E-state index contributed by atoms with van der Waals surface area (Å²) in [5.41, 5.74) is 5.78. The Balaban J connectivity index is 1.87. The van der Waals surface area contributed by atoms with Crippen LogP contribution < -0.4 is 11.1 Å². The Labute approximate surface area is 79.5 Å². The first-order chi connectivity index (χ1) is 6.25. The van der Waals surface area contributed by atoms with Gasteiger partial charge in [0.2, 0.25) is 0 Å². The van der Waals surface area contributed by atoms with Gasteiger partial charge < -0.3 is 20.9 Å². The molecule has 1 heterocycles. The molecule has 0 bridgehead atoms. The quantitative estimate of drug-likeness (QED) is 0.382. The van der Waals surface area contributed by atoms with Crippen LogP contribution in [-0.4, -0.2) is 37.1 Å². The predicted octanol–water partition coefficient (Wildman–Crippen LogP) is -0.189. The highest BCUT2D eigenvalue weighted by atomic mass is 16.7. The summed E-state index contributed by atoms with van der Waals surface area (Å²) in [7, 11) is 1.96. The van der Waals surface area contributed by atoms with Crippen molar-refractivity contribution in [3.05, 3.63) is 0 Å². The van der Waals surface area contributed by atoms with E-state index in [1.54, 1.807) is 0 Å². The second-order valence-corrected chi connectivity index (χ2v) is 3.61. The van der Waals surface area contributed by atoms with Crippen molar-refractivity contribution in [2.45, 2.75) is 44.1 Å². The van der Waals surface area contributed by atoms with E-state index in [9.17, 15) is 0 Å². The molecule has 78 valence electrons. The standard InChI is InChI=1S/C9H20N2O2/c1-11-6-4-2-3-5-7(10)8-9(12)13-8/h7-9,11-12H,2-6,10H2,1H3/t7-,8?,9?/m0/s1. The minimum atomic E-state index is -0.590. The largest absolute Gasteiger partial charge is 0.366 e. The molecule has 0 aromatic carbocycles. The summed E-state index contributed by atoms with van der Waals surface area (Å²) in [6, 6.07) is 0.0181. The van der Waals surface area contributed by atoms with Crippen molar-refractivity contribution in [2.24, 2.45) is 5.73 Å². The number of hydrogen-bond donors (Lipinski definition) is 3. The Kier molecular flexibility index (Phi) is 4.66. The summed E-state index contributed by atoms with van der Waals surface area (Å²) in [5, 5.41) is 12.0. The Morgan fingerprint density at radius 2 is 2.15 bits per heavy atom. The van der Waals surface area contributed by atoms with Gasteiger partial charge in [-0.25, -0.2) is 0 Å². The fourth-order valence-corrected chi connectivity index (χ4v) is 1.45. The van der Waals surface area contributed by atoms with Crippen molar-refractivity contribution < 1.29 is 9.84 Å². The molecule has 1 aliphatic rings. The zero-order chi connectivity index (χ0) is 9.68. The highest BCUT2D eigenvalue weighted by molar-refractivity contribution is 4.85. The Morgan fingerprint density at radius 1 is 1.46 bits per heavy atom. The van der Waals surface area contributed by atoms with Crippen LogP contribution in [0.1, 0.15) is 25.7 Å². The van der Waals surface area contributed by atoms with Crippen LogP contribution in [0.25, 0.3) is 0 Å². The van der Waals surface area contributed by atoms with Crippen LogP contribution in [0.3, 0.4) is 0 Å². The molecule has 0 saturated carbocycles. The van der Waals surface area contributed by atoms with Crippen LogP contribution in [0.2, 0.25) is 0 Å². The van der Waals surface area contributed by atoms with Gasteiger partial charge in [0.25, 0.3) is 0 Å². The third kappa shape index (κ3) is 4.04. The molecule has 1 rings (SSSR count). The fourth-order valence-electron chi connectivity index (χ4n) is 1.45. The molecule has 4 heteroatoms. The van der Waals surface area contributed by atoms with Gasteiger partial charge >= 0.3 is 0 Å². The molecule has 0 radical (unpaired) electrons. The third-order valence-corrected chi connectivity index (χ3v) is 2.39. The topological polar surface area (TPSA) is 70.8 Å². The number of hydrogen-bond acceptors (Lipinski definition) is 4. The van der Waals surface area contributed by atoms with E-state index in [0.717, 1.165) is 19.4 Å². The third-order valence-electron chi connectivity index (χ3n) is 2.39. The Morgan fingerprint density at radius 3 is 2.69 bits per heavy atom. The van der Waals surface area contributed by atoms with Crippen molar-refractivity contribution in [1.29, 1.82) is 0 Å². The van der Waals surface area contributed by atoms with Crippen LogP contribution in [0.5, 0.6) is 0 Å². The molecule has 13 heavy (non-hydrogen) atoms. The second-order valence-electron chi connectivity index (χ2n) is 3.61. The summed E-state index contributed by atoms with van der Waals surface area (Å²) in [5.74, 6) is 0. The molecular formula is C9H20N2O2. The van der Waals surface area contributed by atoms with Crippen molar-refractivity contribution in [1.82, 2.24) is 5.32 Å². The number of unbranched alkanes of at least 4 members (excludes halogenated alkanes) is 2. The Hall–Kier alpha value is -0.160. The minimum absolute atomic E-state index is 0.0181. The zero-order valence-corrected chi connectivity index (χ0v) is 8.20. The molecular weight excluding hydrogens is 168 g/mol. The van der Waals surface area contributed by atoms with Crippen molar-refractivity contribution in [3.8, 4) is 0 Å². The lowest BCUT2D eigenvalue weighted by Gasteiger charge is -2.07. The van der Waals surface area contributed by atoms with Crippen LogP contribution in [0, 0.1) is 0 Å². The van der Waals surface area contributed by atoms with Crippen molar-refractivity contribution in [2.75, 3.05) is 13.6 Å². The summed E-state index contributed by atoms with van der Waals surface area (Å²) in [6.07, 6.45) is 3.77. The summed E-state index contributed by atoms with van der Waals surface area (Å²) >= 11 is 0. The molecule has 2 unspecified atom stereocenters. The smallest absolute Gasteiger partial charge is 0.183 e. The number of aliphatic hydroxyl groups is 1. The SMILES string of the molecule is CNCCCCC[C@H](N)C1OC1O. The lowest BCUT2D eigenvalue weighted by molar-refractivity contribution is 0.155. The van der Waals surface area contributed by atoms with Gasteiger partial charge in [-0.1, -0.05) is 12.8 Å². The van der Waals surface area contributed by atoms with Crippen LogP contribution in [0.4, 0.5) is 0 Å². The van der Waals surface area contributed by atoms with E-state index < -0.39 is 6.29 Å². The molecule has 4 N–H and O–H groups in total. The molecule has 0 amide bonds. The van der Waals surface area contributed by atoms with Crippen LogP contribution in [0.15, 0.2) is 0 Å². The highest BCUT2D eigenvalue weighted by Crippen LogP contribution is 2.23. The number of nitrogens with two attached hydrogens (primary N) is 1. The molecule has 0 aromatic heterocycles. The van der Waals surface area contributed by atoms with Crippen LogP contribution >= 0.6 is 0 Å². The first-order valence-electron chi connectivity index (χ1n) is 4.99. The summed E-state index contributed by atoms with van der Waals surface area (Å²) in [6.45, 7) is 1.07. The van der Waals surface area contributed by atoms with E-state index in [1.807, 2.05) is 7.05 Å². The van der Waals surface area contributed by atoms with E-state index in [-0.39, 0.29) is 12.1 Å². The van der Waals surface area contributed by atoms with Gasteiger partial charge in [0.15, 0.2) is 6.29 Å². The molecule has 3 atom stereocenters. The lowest BCUT2D eigenvalue weighted by atomic mass is 10.1. The number of nitrogens with one attached hydrogen (secondary N) is 1. The van der Waals surface area contributed by atoms with Gasteiger partial charge in [0.1, 0.15) is 6.10 Å². The van der Waals surface area contributed by atoms with E-state index in [4.69, 9.17) is 15.6 Å². The molecule has 0 aromatic rings. The highest BCUT2D eigenvalue weighted by Gasteiger charge is 2.41. The molecule has 0 aliphatic carbocycles. The molecule has 1 fully saturated rings.